The van der Waals surface area contributed by atoms with E-state index in [0.717, 1.165) is 5.69 Å². The Balaban J connectivity index is 2.13. The molecule has 0 spiro atoms. The lowest BCUT2D eigenvalue weighted by atomic mass is 10.2. The van der Waals surface area contributed by atoms with Crippen LogP contribution in [0.1, 0.15) is 5.69 Å². The molecule has 1 heterocycles. The van der Waals surface area contributed by atoms with Crippen molar-refractivity contribution >= 4 is 28.1 Å². The van der Waals surface area contributed by atoms with Gasteiger partial charge in [-0.2, -0.15) is 0 Å². The molecule has 2 aromatic rings. The van der Waals surface area contributed by atoms with Gasteiger partial charge >= 0.3 is 5.97 Å². The van der Waals surface area contributed by atoms with Gasteiger partial charge in [0.15, 0.2) is 5.13 Å². The summed E-state index contributed by atoms with van der Waals surface area (Å²) in [5, 5.41) is 5.65. The maximum atomic E-state index is 11.2. The molecular weight excluding hydrogens is 292 g/mol. The van der Waals surface area contributed by atoms with Crippen molar-refractivity contribution in [3.63, 3.8) is 0 Å². The van der Waals surface area contributed by atoms with E-state index >= 15 is 0 Å². The first kappa shape index (κ1) is 15.1. The van der Waals surface area contributed by atoms with E-state index in [1.165, 1.54) is 18.4 Å². The summed E-state index contributed by atoms with van der Waals surface area (Å²) in [5.74, 6) is 1.05. The van der Waals surface area contributed by atoms with Crippen LogP contribution in [0, 0.1) is 0 Å². The largest absolute Gasteiger partial charge is 0.497 e. The number of carbonyl (C=O) groups is 1. The number of hydrogen-bond acceptors (Lipinski definition) is 7. The SMILES string of the molecule is COC(=O)Cc1csc(Nc2ccc(OC)cc2OC)n1. The van der Waals surface area contributed by atoms with E-state index in [9.17, 15) is 4.79 Å². The lowest BCUT2D eigenvalue weighted by Gasteiger charge is -2.10. The lowest BCUT2D eigenvalue weighted by molar-refractivity contribution is -0.139. The van der Waals surface area contributed by atoms with E-state index in [1.54, 1.807) is 20.3 Å². The Morgan fingerprint density at radius 1 is 1.29 bits per heavy atom. The predicted octanol–water partition coefficient (Wildman–Crippen LogP) is 2.62. The van der Waals surface area contributed by atoms with Crippen LogP contribution in [0.4, 0.5) is 10.8 Å². The van der Waals surface area contributed by atoms with Gasteiger partial charge in [-0.25, -0.2) is 4.98 Å². The Bertz CT molecular complexity index is 627. The van der Waals surface area contributed by atoms with Gasteiger partial charge in [-0.15, -0.1) is 11.3 Å². The van der Waals surface area contributed by atoms with Crippen LogP contribution in [0.25, 0.3) is 0 Å². The maximum absolute atomic E-state index is 11.2. The summed E-state index contributed by atoms with van der Waals surface area (Å²) in [6.45, 7) is 0. The van der Waals surface area contributed by atoms with Crippen LogP contribution < -0.4 is 14.8 Å². The van der Waals surface area contributed by atoms with Crippen LogP contribution in [-0.2, 0) is 16.0 Å². The standard InChI is InChI=1S/C14H16N2O4S/c1-18-10-4-5-11(12(7-10)19-2)16-14-15-9(8-21-14)6-13(17)20-3/h4-5,7-8H,6H2,1-3H3,(H,15,16). The van der Waals surface area contributed by atoms with Crippen LogP contribution in [0.5, 0.6) is 11.5 Å². The van der Waals surface area contributed by atoms with Crippen molar-refractivity contribution in [3.8, 4) is 11.5 Å². The van der Waals surface area contributed by atoms with Gasteiger partial charge in [-0.05, 0) is 12.1 Å². The van der Waals surface area contributed by atoms with Gasteiger partial charge in [0.25, 0.3) is 0 Å². The van der Waals surface area contributed by atoms with Gasteiger partial charge < -0.3 is 19.5 Å². The first-order chi connectivity index (χ1) is 10.2. The second-order valence-electron chi connectivity index (χ2n) is 4.09. The fourth-order valence-electron chi connectivity index (χ4n) is 1.68. The molecule has 0 saturated carbocycles. The molecule has 0 unspecified atom stereocenters. The Kier molecular flexibility index (Phi) is 4.99. The molecule has 21 heavy (non-hydrogen) atoms. The second-order valence-corrected chi connectivity index (χ2v) is 4.95. The summed E-state index contributed by atoms with van der Waals surface area (Å²) in [7, 11) is 4.54. The summed E-state index contributed by atoms with van der Waals surface area (Å²) in [6, 6.07) is 5.46. The number of hydrogen-bond donors (Lipinski definition) is 1. The molecule has 112 valence electrons. The molecule has 7 heteroatoms. The first-order valence-electron chi connectivity index (χ1n) is 6.16. The number of nitrogens with zero attached hydrogens (tertiary/aromatic N) is 1. The zero-order chi connectivity index (χ0) is 15.2. The Hall–Kier alpha value is -2.28. The molecular formula is C14H16N2O4S. The number of carbonyl (C=O) groups excluding carboxylic acids is 1. The molecule has 1 N–H and O–H groups in total. The van der Waals surface area contributed by atoms with Crippen LogP contribution in [0.15, 0.2) is 23.6 Å². The summed E-state index contributed by atoms with van der Waals surface area (Å²) in [6.07, 6.45) is 0.161. The molecule has 1 aromatic carbocycles. The number of methoxy groups -OCH3 is 3. The third-order valence-corrected chi connectivity index (χ3v) is 3.56. The van der Waals surface area contributed by atoms with Crippen molar-refractivity contribution in [2.24, 2.45) is 0 Å². The molecule has 0 bridgehead atoms. The number of benzene rings is 1. The molecule has 0 amide bonds. The van der Waals surface area contributed by atoms with E-state index in [4.69, 9.17) is 9.47 Å². The quantitative estimate of drug-likeness (QED) is 0.827. The monoisotopic (exact) mass is 308 g/mol. The minimum Gasteiger partial charge on any atom is -0.497 e. The van der Waals surface area contributed by atoms with E-state index in [1.807, 2.05) is 17.5 Å². The van der Waals surface area contributed by atoms with Crippen molar-refractivity contribution in [2.45, 2.75) is 6.42 Å². The molecule has 0 radical (unpaired) electrons. The Morgan fingerprint density at radius 3 is 2.76 bits per heavy atom. The number of thiazole rings is 1. The smallest absolute Gasteiger partial charge is 0.311 e. The predicted molar refractivity (Wildman–Crippen MR) is 80.7 cm³/mol. The minimum atomic E-state index is -0.311. The highest BCUT2D eigenvalue weighted by Crippen LogP contribution is 2.32. The molecule has 0 saturated heterocycles. The van der Waals surface area contributed by atoms with Crippen molar-refractivity contribution < 1.29 is 19.0 Å². The number of ether oxygens (including phenoxy) is 3. The van der Waals surface area contributed by atoms with Gasteiger partial charge in [0.05, 0.1) is 39.1 Å². The molecule has 2 rings (SSSR count). The van der Waals surface area contributed by atoms with Gasteiger partial charge in [-0.1, -0.05) is 0 Å². The van der Waals surface area contributed by atoms with E-state index < -0.39 is 0 Å². The molecule has 0 aliphatic heterocycles. The van der Waals surface area contributed by atoms with Crippen LogP contribution in [0.2, 0.25) is 0 Å². The zero-order valence-electron chi connectivity index (χ0n) is 12.0. The molecule has 0 fully saturated rings. The number of esters is 1. The highest BCUT2D eigenvalue weighted by atomic mass is 32.1. The van der Waals surface area contributed by atoms with Crippen LogP contribution >= 0.6 is 11.3 Å². The van der Waals surface area contributed by atoms with Crippen LogP contribution in [0.3, 0.4) is 0 Å². The number of nitrogens with one attached hydrogen (secondary N) is 1. The maximum Gasteiger partial charge on any atom is 0.311 e. The van der Waals surface area contributed by atoms with Crippen molar-refractivity contribution in [3.05, 3.63) is 29.3 Å². The van der Waals surface area contributed by atoms with Gasteiger partial charge in [-0.3, -0.25) is 4.79 Å². The van der Waals surface area contributed by atoms with Gasteiger partial charge in [0, 0.05) is 11.4 Å². The van der Waals surface area contributed by atoms with E-state index in [-0.39, 0.29) is 12.4 Å². The summed E-state index contributed by atoms with van der Waals surface area (Å²) in [4.78, 5) is 15.5. The highest BCUT2D eigenvalue weighted by Gasteiger charge is 2.10. The van der Waals surface area contributed by atoms with Gasteiger partial charge in [0.1, 0.15) is 11.5 Å². The molecule has 0 aliphatic rings. The first-order valence-corrected chi connectivity index (χ1v) is 7.04. The summed E-state index contributed by atoms with van der Waals surface area (Å²) < 4.78 is 15.1. The molecule has 0 aliphatic carbocycles. The topological polar surface area (TPSA) is 69.7 Å². The number of anilines is 2. The fourth-order valence-corrected chi connectivity index (χ4v) is 2.41. The average Bonchev–Trinajstić information content (AvgIpc) is 2.94. The zero-order valence-corrected chi connectivity index (χ0v) is 12.8. The normalized spacial score (nSPS) is 10.0. The third kappa shape index (κ3) is 3.85. The van der Waals surface area contributed by atoms with Crippen molar-refractivity contribution in [1.82, 2.24) is 4.98 Å². The van der Waals surface area contributed by atoms with Gasteiger partial charge in [0.2, 0.25) is 0 Å². The van der Waals surface area contributed by atoms with Crippen molar-refractivity contribution in [2.75, 3.05) is 26.6 Å². The Labute approximate surface area is 126 Å². The van der Waals surface area contributed by atoms with Crippen molar-refractivity contribution in [1.29, 1.82) is 0 Å². The number of rotatable bonds is 6. The summed E-state index contributed by atoms with van der Waals surface area (Å²) in [5.41, 5.74) is 1.44. The van der Waals surface area contributed by atoms with E-state index in [0.29, 0.717) is 22.3 Å². The van der Waals surface area contributed by atoms with Crippen LogP contribution in [-0.4, -0.2) is 32.3 Å². The summed E-state index contributed by atoms with van der Waals surface area (Å²) >= 11 is 1.41. The molecule has 6 nitrogen and oxygen atoms in total. The highest BCUT2D eigenvalue weighted by molar-refractivity contribution is 7.13. The molecule has 1 aromatic heterocycles. The number of aromatic nitrogens is 1. The third-order valence-electron chi connectivity index (χ3n) is 2.76. The lowest BCUT2D eigenvalue weighted by Crippen LogP contribution is -2.04. The van der Waals surface area contributed by atoms with E-state index in [2.05, 4.69) is 15.0 Å². The minimum absolute atomic E-state index is 0.161. The average molecular weight is 308 g/mol. The Morgan fingerprint density at radius 2 is 2.10 bits per heavy atom. The fraction of sp³-hybridized carbons (Fsp3) is 0.286. The second kappa shape index (κ2) is 6.94. The molecule has 0 atom stereocenters.